The standard InChI is InChI=1S/C23H34N2O3/c1-22(2)8-6-17(7-9-22)20-16-18(4-5-19(20)21(24)26)23(25-12-15-27-3)10-13-28-14-11-23/h4-6,16,25H,7-15H2,1-3H3,(H2,24,26). The maximum Gasteiger partial charge on any atom is 0.249 e. The second-order valence-electron chi connectivity index (χ2n) is 8.84. The Morgan fingerprint density at radius 2 is 2.00 bits per heavy atom. The smallest absolute Gasteiger partial charge is 0.249 e. The van der Waals surface area contributed by atoms with E-state index in [-0.39, 0.29) is 11.4 Å². The summed E-state index contributed by atoms with van der Waals surface area (Å²) in [6.07, 6.45) is 7.21. The SMILES string of the molecule is COCCNC1(c2ccc(C(N)=O)c(C3=CCC(C)(C)CC3)c2)CCOCC1. The summed E-state index contributed by atoms with van der Waals surface area (Å²) in [6, 6.07) is 6.15. The van der Waals surface area contributed by atoms with Crippen LogP contribution in [0.25, 0.3) is 5.57 Å². The van der Waals surface area contributed by atoms with Crippen molar-refractivity contribution in [1.29, 1.82) is 0 Å². The molecule has 1 saturated heterocycles. The van der Waals surface area contributed by atoms with Crippen molar-refractivity contribution >= 4 is 11.5 Å². The van der Waals surface area contributed by atoms with E-state index in [2.05, 4.69) is 37.4 Å². The fraction of sp³-hybridized carbons (Fsp3) is 0.609. The Labute approximate surface area is 168 Å². The van der Waals surface area contributed by atoms with Gasteiger partial charge < -0.3 is 20.5 Å². The average Bonchev–Trinajstić information content (AvgIpc) is 2.68. The van der Waals surface area contributed by atoms with Crippen molar-refractivity contribution in [3.63, 3.8) is 0 Å². The molecule has 0 aromatic heterocycles. The summed E-state index contributed by atoms with van der Waals surface area (Å²) in [5, 5.41) is 3.70. The van der Waals surface area contributed by atoms with Gasteiger partial charge in [0, 0.05) is 38.0 Å². The number of amides is 1. The van der Waals surface area contributed by atoms with Crippen LogP contribution in [0.2, 0.25) is 0 Å². The van der Waals surface area contributed by atoms with Crippen LogP contribution < -0.4 is 11.1 Å². The molecule has 5 nitrogen and oxygen atoms in total. The van der Waals surface area contributed by atoms with Gasteiger partial charge in [-0.1, -0.05) is 26.0 Å². The van der Waals surface area contributed by atoms with E-state index in [9.17, 15) is 4.79 Å². The van der Waals surface area contributed by atoms with Crippen LogP contribution in [0.5, 0.6) is 0 Å². The number of carbonyl (C=O) groups is 1. The first-order valence-corrected chi connectivity index (χ1v) is 10.3. The van der Waals surface area contributed by atoms with E-state index in [1.807, 2.05) is 6.07 Å². The molecule has 3 rings (SSSR count). The number of hydrogen-bond donors (Lipinski definition) is 2. The molecular weight excluding hydrogens is 352 g/mol. The molecule has 154 valence electrons. The van der Waals surface area contributed by atoms with Gasteiger partial charge in [-0.2, -0.15) is 0 Å². The van der Waals surface area contributed by atoms with Gasteiger partial charge in [0.05, 0.1) is 6.61 Å². The van der Waals surface area contributed by atoms with Crippen LogP contribution >= 0.6 is 0 Å². The second kappa shape index (κ2) is 8.76. The van der Waals surface area contributed by atoms with Gasteiger partial charge >= 0.3 is 0 Å². The molecule has 0 saturated carbocycles. The normalized spacial score (nSPS) is 21.2. The number of nitrogens with two attached hydrogens (primary N) is 1. The molecule has 1 heterocycles. The summed E-state index contributed by atoms with van der Waals surface area (Å²) >= 11 is 0. The van der Waals surface area contributed by atoms with Gasteiger partial charge in [0.25, 0.3) is 0 Å². The topological polar surface area (TPSA) is 73.6 Å². The summed E-state index contributed by atoms with van der Waals surface area (Å²) in [5.74, 6) is -0.361. The lowest BCUT2D eigenvalue weighted by atomic mass is 9.75. The third kappa shape index (κ3) is 4.65. The summed E-state index contributed by atoms with van der Waals surface area (Å²) in [6.45, 7) is 7.48. The Morgan fingerprint density at radius 1 is 1.25 bits per heavy atom. The van der Waals surface area contributed by atoms with E-state index in [0.717, 1.165) is 57.4 Å². The number of ether oxygens (including phenoxy) is 2. The van der Waals surface area contributed by atoms with Crippen LogP contribution in [0.3, 0.4) is 0 Å². The Morgan fingerprint density at radius 3 is 2.61 bits per heavy atom. The van der Waals surface area contributed by atoms with Gasteiger partial charge in [0.2, 0.25) is 5.91 Å². The summed E-state index contributed by atoms with van der Waals surface area (Å²) in [4.78, 5) is 12.1. The second-order valence-corrected chi connectivity index (χ2v) is 8.84. The first kappa shape index (κ1) is 21.0. The lowest BCUT2D eigenvalue weighted by molar-refractivity contribution is 0.0336. The molecule has 0 atom stereocenters. The van der Waals surface area contributed by atoms with E-state index >= 15 is 0 Å². The predicted molar refractivity (Wildman–Crippen MR) is 112 cm³/mol. The Hall–Kier alpha value is -1.69. The lowest BCUT2D eigenvalue weighted by Crippen LogP contribution is -2.48. The first-order valence-electron chi connectivity index (χ1n) is 10.3. The molecule has 2 aliphatic rings. The van der Waals surface area contributed by atoms with E-state index in [1.165, 1.54) is 11.1 Å². The molecule has 5 heteroatoms. The minimum Gasteiger partial charge on any atom is -0.383 e. The van der Waals surface area contributed by atoms with Gasteiger partial charge in [-0.05, 0) is 66.4 Å². The van der Waals surface area contributed by atoms with Crippen molar-refractivity contribution in [3.05, 3.63) is 41.0 Å². The summed E-state index contributed by atoms with van der Waals surface area (Å²) < 4.78 is 10.9. The van der Waals surface area contributed by atoms with Crippen molar-refractivity contribution in [2.75, 3.05) is 33.5 Å². The Balaban J connectivity index is 1.99. The van der Waals surface area contributed by atoms with Gasteiger partial charge in [0.15, 0.2) is 0 Å². The zero-order valence-corrected chi connectivity index (χ0v) is 17.5. The number of benzene rings is 1. The molecule has 1 amide bonds. The molecule has 1 aromatic rings. The van der Waals surface area contributed by atoms with E-state index in [1.54, 1.807) is 7.11 Å². The molecule has 0 unspecified atom stereocenters. The minimum atomic E-state index is -0.361. The Bertz CT molecular complexity index is 733. The zero-order chi connectivity index (χ0) is 20.2. The van der Waals surface area contributed by atoms with Gasteiger partial charge in [-0.3, -0.25) is 4.79 Å². The Kier molecular flexibility index (Phi) is 6.58. The molecule has 0 radical (unpaired) electrons. The van der Waals surface area contributed by atoms with Gasteiger partial charge in [-0.25, -0.2) is 0 Å². The average molecular weight is 387 g/mol. The maximum atomic E-state index is 12.1. The van der Waals surface area contributed by atoms with E-state index in [0.29, 0.717) is 17.6 Å². The van der Waals surface area contributed by atoms with Gasteiger partial charge in [-0.15, -0.1) is 0 Å². The van der Waals surface area contributed by atoms with Crippen LogP contribution in [-0.2, 0) is 15.0 Å². The predicted octanol–water partition coefficient (Wildman–Crippen LogP) is 3.62. The molecule has 1 aromatic carbocycles. The van der Waals surface area contributed by atoms with Crippen LogP contribution in [0.4, 0.5) is 0 Å². The number of hydrogen-bond acceptors (Lipinski definition) is 4. The lowest BCUT2D eigenvalue weighted by Gasteiger charge is -2.39. The van der Waals surface area contributed by atoms with Crippen molar-refractivity contribution in [1.82, 2.24) is 5.32 Å². The molecule has 0 spiro atoms. The maximum absolute atomic E-state index is 12.1. The first-order chi connectivity index (χ1) is 13.4. The van der Waals surface area contributed by atoms with Gasteiger partial charge in [0.1, 0.15) is 0 Å². The highest BCUT2D eigenvalue weighted by Gasteiger charge is 2.35. The number of rotatable bonds is 7. The largest absolute Gasteiger partial charge is 0.383 e. The molecule has 1 aliphatic heterocycles. The van der Waals surface area contributed by atoms with Crippen molar-refractivity contribution < 1.29 is 14.3 Å². The molecule has 1 aliphatic carbocycles. The molecule has 28 heavy (non-hydrogen) atoms. The quantitative estimate of drug-likeness (QED) is 0.702. The van der Waals surface area contributed by atoms with Crippen LogP contribution in [0.1, 0.15) is 67.4 Å². The molecule has 1 fully saturated rings. The molecule has 0 bridgehead atoms. The number of carbonyl (C=O) groups excluding carboxylic acids is 1. The monoisotopic (exact) mass is 386 g/mol. The van der Waals surface area contributed by atoms with Crippen molar-refractivity contribution in [2.24, 2.45) is 11.1 Å². The van der Waals surface area contributed by atoms with Crippen LogP contribution in [0.15, 0.2) is 24.3 Å². The zero-order valence-electron chi connectivity index (χ0n) is 17.5. The minimum absolute atomic E-state index is 0.157. The highest BCUT2D eigenvalue weighted by molar-refractivity contribution is 5.98. The summed E-state index contributed by atoms with van der Waals surface area (Å²) in [7, 11) is 1.72. The number of allylic oxidation sites excluding steroid dienone is 2. The third-order valence-electron chi connectivity index (χ3n) is 6.27. The highest BCUT2D eigenvalue weighted by atomic mass is 16.5. The fourth-order valence-electron chi connectivity index (χ4n) is 4.32. The van der Waals surface area contributed by atoms with Crippen molar-refractivity contribution in [3.8, 4) is 0 Å². The molecule has 3 N–H and O–H groups in total. The van der Waals surface area contributed by atoms with Crippen molar-refractivity contribution in [2.45, 2.75) is 51.5 Å². The van der Waals surface area contributed by atoms with E-state index in [4.69, 9.17) is 15.2 Å². The molecular formula is C23H34N2O3. The third-order valence-corrected chi connectivity index (χ3v) is 6.27. The summed E-state index contributed by atoms with van der Waals surface area (Å²) in [5.41, 5.74) is 9.95. The van der Waals surface area contributed by atoms with Crippen LogP contribution in [-0.4, -0.2) is 39.4 Å². The number of methoxy groups -OCH3 is 1. The van der Waals surface area contributed by atoms with Crippen LogP contribution in [0, 0.1) is 5.41 Å². The number of nitrogens with one attached hydrogen (secondary N) is 1. The highest BCUT2D eigenvalue weighted by Crippen LogP contribution is 2.40. The fourth-order valence-corrected chi connectivity index (χ4v) is 4.32. The number of primary amides is 1. The van der Waals surface area contributed by atoms with E-state index < -0.39 is 0 Å².